The molecule has 1 atom stereocenters. The second kappa shape index (κ2) is 6.75. The third-order valence-electron chi connectivity index (χ3n) is 2.45. The van der Waals surface area contributed by atoms with E-state index in [0.29, 0.717) is 11.1 Å². The first-order valence-corrected chi connectivity index (χ1v) is 6.34. The summed E-state index contributed by atoms with van der Waals surface area (Å²) in [6.07, 6.45) is -0.736. The van der Waals surface area contributed by atoms with E-state index in [9.17, 15) is 9.59 Å². The molecular formula is C15H18N2O4. The summed E-state index contributed by atoms with van der Waals surface area (Å²) in [5, 5.41) is 11.3. The zero-order valence-electron chi connectivity index (χ0n) is 12.5. The molecule has 1 N–H and O–H groups in total. The van der Waals surface area contributed by atoms with Gasteiger partial charge >= 0.3 is 12.1 Å². The Hall–Kier alpha value is -2.55. The standard InChI is InChI=1S/C15H18N2O4/c1-15(2,3)21-14(19)17-12(13(18)20-4)11-7-5-6-10(8-11)9-16/h5-8,12H,1-4H3,(H,17,19). The molecule has 0 heterocycles. The summed E-state index contributed by atoms with van der Waals surface area (Å²) in [7, 11) is 1.22. The van der Waals surface area contributed by atoms with Crippen molar-refractivity contribution in [1.82, 2.24) is 5.32 Å². The summed E-state index contributed by atoms with van der Waals surface area (Å²) >= 11 is 0. The number of esters is 1. The molecule has 0 spiro atoms. The molecule has 21 heavy (non-hydrogen) atoms. The second-order valence-electron chi connectivity index (χ2n) is 5.34. The topological polar surface area (TPSA) is 88.4 Å². The number of alkyl carbamates (subject to hydrolysis) is 1. The van der Waals surface area contributed by atoms with Crippen molar-refractivity contribution < 1.29 is 19.1 Å². The van der Waals surface area contributed by atoms with E-state index in [4.69, 9.17) is 10.00 Å². The fourth-order valence-corrected chi connectivity index (χ4v) is 1.61. The van der Waals surface area contributed by atoms with E-state index in [2.05, 4.69) is 10.1 Å². The molecule has 0 aromatic heterocycles. The maximum atomic E-state index is 11.8. The lowest BCUT2D eigenvalue weighted by Gasteiger charge is -2.22. The number of hydrogen-bond donors (Lipinski definition) is 1. The average Bonchev–Trinajstić information content (AvgIpc) is 2.42. The van der Waals surface area contributed by atoms with Crippen LogP contribution in [-0.2, 0) is 14.3 Å². The highest BCUT2D eigenvalue weighted by atomic mass is 16.6. The fourth-order valence-electron chi connectivity index (χ4n) is 1.61. The van der Waals surface area contributed by atoms with E-state index in [0.717, 1.165) is 0 Å². The van der Waals surface area contributed by atoms with Crippen molar-refractivity contribution in [2.24, 2.45) is 0 Å². The van der Waals surface area contributed by atoms with Gasteiger partial charge in [-0.05, 0) is 38.5 Å². The molecule has 1 aromatic rings. The molecule has 1 unspecified atom stereocenters. The van der Waals surface area contributed by atoms with Crippen molar-refractivity contribution >= 4 is 12.1 Å². The molecule has 0 saturated carbocycles. The lowest BCUT2D eigenvalue weighted by Crippen LogP contribution is -2.38. The highest BCUT2D eigenvalue weighted by Crippen LogP contribution is 2.17. The van der Waals surface area contributed by atoms with Gasteiger partial charge in [0.15, 0.2) is 6.04 Å². The van der Waals surface area contributed by atoms with Crippen molar-refractivity contribution in [3.05, 3.63) is 35.4 Å². The van der Waals surface area contributed by atoms with Crippen LogP contribution < -0.4 is 5.32 Å². The summed E-state index contributed by atoms with van der Waals surface area (Å²) in [6.45, 7) is 5.15. The first-order valence-electron chi connectivity index (χ1n) is 6.34. The van der Waals surface area contributed by atoms with Gasteiger partial charge in [0.05, 0.1) is 18.7 Å². The van der Waals surface area contributed by atoms with Gasteiger partial charge in [0, 0.05) is 0 Å². The van der Waals surface area contributed by atoms with Crippen molar-refractivity contribution in [3.63, 3.8) is 0 Å². The Kier molecular flexibility index (Phi) is 5.30. The molecule has 0 aliphatic rings. The fraction of sp³-hybridized carbons (Fsp3) is 0.400. The number of methoxy groups -OCH3 is 1. The third kappa shape index (κ3) is 5.15. The number of carbonyl (C=O) groups excluding carboxylic acids is 2. The number of carbonyl (C=O) groups is 2. The van der Waals surface area contributed by atoms with Gasteiger partial charge < -0.3 is 14.8 Å². The third-order valence-corrected chi connectivity index (χ3v) is 2.45. The Morgan fingerprint density at radius 3 is 2.52 bits per heavy atom. The van der Waals surface area contributed by atoms with Crippen LogP contribution in [0.4, 0.5) is 4.79 Å². The van der Waals surface area contributed by atoms with Crippen LogP contribution in [0.3, 0.4) is 0 Å². The molecule has 112 valence electrons. The van der Waals surface area contributed by atoms with Crippen LogP contribution in [0.1, 0.15) is 37.9 Å². The van der Waals surface area contributed by atoms with Crippen LogP contribution in [0.25, 0.3) is 0 Å². The first-order chi connectivity index (χ1) is 9.76. The molecule has 0 radical (unpaired) electrons. The molecule has 1 aromatic carbocycles. The van der Waals surface area contributed by atoms with Gasteiger partial charge in [-0.1, -0.05) is 12.1 Å². The number of nitriles is 1. The largest absolute Gasteiger partial charge is 0.467 e. The summed E-state index contributed by atoms with van der Waals surface area (Å²) < 4.78 is 9.80. The van der Waals surface area contributed by atoms with Crippen molar-refractivity contribution in [2.75, 3.05) is 7.11 Å². The average molecular weight is 290 g/mol. The van der Waals surface area contributed by atoms with Gasteiger partial charge in [0.25, 0.3) is 0 Å². The minimum absolute atomic E-state index is 0.382. The predicted molar refractivity (Wildman–Crippen MR) is 75.3 cm³/mol. The van der Waals surface area contributed by atoms with Crippen LogP contribution in [0.15, 0.2) is 24.3 Å². The normalized spacial score (nSPS) is 12.0. The van der Waals surface area contributed by atoms with Gasteiger partial charge in [-0.15, -0.1) is 0 Å². The number of hydrogen-bond acceptors (Lipinski definition) is 5. The molecule has 6 heteroatoms. The Morgan fingerprint density at radius 2 is 2.00 bits per heavy atom. The lowest BCUT2D eigenvalue weighted by molar-refractivity contribution is -0.143. The minimum atomic E-state index is -1.03. The SMILES string of the molecule is COC(=O)C(NC(=O)OC(C)(C)C)c1cccc(C#N)c1. The van der Waals surface area contributed by atoms with E-state index in [1.165, 1.54) is 13.2 Å². The number of rotatable bonds is 3. The molecule has 0 aliphatic heterocycles. The van der Waals surface area contributed by atoms with Gasteiger partial charge in [-0.2, -0.15) is 5.26 Å². The smallest absolute Gasteiger partial charge is 0.408 e. The highest BCUT2D eigenvalue weighted by Gasteiger charge is 2.26. The van der Waals surface area contributed by atoms with E-state index >= 15 is 0 Å². The van der Waals surface area contributed by atoms with Crippen molar-refractivity contribution in [3.8, 4) is 6.07 Å². The van der Waals surface area contributed by atoms with Gasteiger partial charge in [-0.25, -0.2) is 9.59 Å². The summed E-state index contributed by atoms with van der Waals surface area (Å²) in [5.74, 6) is -0.643. The van der Waals surface area contributed by atoms with E-state index < -0.39 is 23.7 Å². The zero-order valence-corrected chi connectivity index (χ0v) is 12.5. The number of amides is 1. The molecule has 1 rings (SSSR count). The maximum absolute atomic E-state index is 11.8. The maximum Gasteiger partial charge on any atom is 0.408 e. The van der Waals surface area contributed by atoms with Gasteiger partial charge in [-0.3, -0.25) is 0 Å². The van der Waals surface area contributed by atoms with Gasteiger partial charge in [0.2, 0.25) is 0 Å². The summed E-state index contributed by atoms with van der Waals surface area (Å²) in [4.78, 5) is 23.6. The van der Waals surface area contributed by atoms with E-state index in [1.54, 1.807) is 39.0 Å². The Bertz CT molecular complexity index is 570. The monoisotopic (exact) mass is 290 g/mol. The molecule has 1 amide bonds. The number of nitrogens with zero attached hydrogens (tertiary/aromatic N) is 1. The molecular weight excluding hydrogens is 272 g/mol. The van der Waals surface area contributed by atoms with E-state index in [-0.39, 0.29) is 0 Å². The number of ether oxygens (including phenoxy) is 2. The van der Waals surface area contributed by atoms with Crippen LogP contribution >= 0.6 is 0 Å². The van der Waals surface area contributed by atoms with Crippen LogP contribution in [0.5, 0.6) is 0 Å². The van der Waals surface area contributed by atoms with Crippen molar-refractivity contribution in [2.45, 2.75) is 32.4 Å². The summed E-state index contributed by atoms with van der Waals surface area (Å²) in [5.41, 5.74) is 0.151. The van der Waals surface area contributed by atoms with E-state index in [1.807, 2.05) is 6.07 Å². The number of benzene rings is 1. The quantitative estimate of drug-likeness (QED) is 0.863. The molecule has 0 saturated heterocycles. The molecule has 0 aliphatic carbocycles. The van der Waals surface area contributed by atoms with Crippen LogP contribution in [0.2, 0.25) is 0 Å². The Balaban J connectivity index is 2.99. The molecule has 0 bridgehead atoms. The summed E-state index contributed by atoms with van der Waals surface area (Å²) in [6, 6.07) is 7.31. The van der Waals surface area contributed by atoms with Gasteiger partial charge in [0.1, 0.15) is 5.60 Å². The Morgan fingerprint density at radius 1 is 1.33 bits per heavy atom. The molecule has 0 fully saturated rings. The zero-order chi connectivity index (χ0) is 16.0. The van der Waals surface area contributed by atoms with Crippen LogP contribution in [0, 0.1) is 11.3 Å². The Labute approximate surface area is 123 Å². The second-order valence-corrected chi connectivity index (χ2v) is 5.34. The number of nitrogens with one attached hydrogen (secondary N) is 1. The van der Waals surface area contributed by atoms with Crippen LogP contribution in [-0.4, -0.2) is 24.8 Å². The highest BCUT2D eigenvalue weighted by molar-refractivity contribution is 5.82. The minimum Gasteiger partial charge on any atom is -0.467 e. The lowest BCUT2D eigenvalue weighted by atomic mass is 10.0. The predicted octanol–water partition coefficient (Wildman–Crippen LogP) is 2.30. The molecule has 6 nitrogen and oxygen atoms in total. The van der Waals surface area contributed by atoms with Crippen molar-refractivity contribution in [1.29, 1.82) is 5.26 Å². The first kappa shape index (κ1) is 16.5.